The molecule has 19 heavy (non-hydrogen) atoms. The molecule has 1 aromatic heterocycles. The molecule has 0 saturated heterocycles. The van der Waals surface area contributed by atoms with Crippen molar-refractivity contribution in [2.45, 2.75) is 39.7 Å². The van der Waals surface area contributed by atoms with Crippen LogP contribution in [0, 0.1) is 12.7 Å². The van der Waals surface area contributed by atoms with Crippen LogP contribution < -0.4 is 5.32 Å². The van der Waals surface area contributed by atoms with Crippen LogP contribution in [0.1, 0.15) is 37.0 Å². The molecule has 2 rings (SSSR count). The number of nitrogens with zero attached hydrogens (tertiary/aromatic N) is 1. The first-order chi connectivity index (χ1) is 8.86. The Bertz CT molecular complexity index is 570. The Morgan fingerprint density at radius 1 is 1.32 bits per heavy atom. The van der Waals surface area contributed by atoms with Crippen LogP contribution in [0.5, 0.6) is 0 Å². The SMILES string of the molecule is Cc1ccc(NCc2csc(C(C)(C)C)n2)c(F)c1. The maximum atomic E-state index is 13.7. The second kappa shape index (κ2) is 5.29. The fourth-order valence-electron chi connectivity index (χ4n) is 1.68. The Morgan fingerprint density at radius 2 is 2.05 bits per heavy atom. The van der Waals surface area contributed by atoms with Crippen molar-refractivity contribution in [3.8, 4) is 0 Å². The molecule has 2 aromatic rings. The average Bonchev–Trinajstić information content (AvgIpc) is 2.76. The van der Waals surface area contributed by atoms with E-state index in [4.69, 9.17) is 0 Å². The van der Waals surface area contributed by atoms with E-state index in [-0.39, 0.29) is 11.2 Å². The fourth-order valence-corrected chi connectivity index (χ4v) is 2.59. The van der Waals surface area contributed by atoms with Crippen LogP contribution in [-0.2, 0) is 12.0 Å². The summed E-state index contributed by atoms with van der Waals surface area (Å²) in [5, 5.41) is 6.22. The molecule has 0 unspecified atom stereocenters. The highest BCUT2D eigenvalue weighted by molar-refractivity contribution is 7.09. The smallest absolute Gasteiger partial charge is 0.146 e. The van der Waals surface area contributed by atoms with Crippen molar-refractivity contribution >= 4 is 17.0 Å². The summed E-state index contributed by atoms with van der Waals surface area (Å²) in [4.78, 5) is 4.58. The number of aromatic nitrogens is 1. The summed E-state index contributed by atoms with van der Waals surface area (Å²) in [5.74, 6) is -0.216. The number of hydrogen-bond donors (Lipinski definition) is 1. The van der Waals surface area contributed by atoms with Crippen LogP contribution in [0.25, 0.3) is 0 Å². The Labute approximate surface area is 117 Å². The molecule has 0 saturated carbocycles. The van der Waals surface area contributed by atoms with Crippen LogP contribution in [0.3, 0.4) is 0 Å². The lowest BCUT2D eigenvalue weighted by atomic mass is 9.98. The van der Waals surface area contributed by atoms with E-state index in [1.807, 2.05) is 18.4 Å². The molecule has 102 valence electrons. The monoisotopic (exact) mass is 278 g/mol. The zero-order chi connectivity index (χ0) is 14.0. The van der Waals surface area contributed by atoms with Crippen LogP contribution >= 0.6 is 11.3 Å². The molecule has 0 spiro atoms. The second-order valence-corrected chi connectivity index (χ2v) is 6.59. The molecule has 4 heteroatoms. The van der Waals surface area contributed by atoms with Gasteiger partial charge in [0, 0.05) is 10.8 Å². The molecule has 0 amide bonds. The van der Waals surface area contributed by atoms with Crippen molar-refractivity contribution in [2.24, 2.45) is 0 Å². The number of halogens is 1. The lowest BCUT2D eigenvalue weighted by molar-refractivity contribution is 0.583. The predicted octanol–water partition coefficient (Wildman–Crippen LogP) is 4.50. The standard InChI is InChI=1S/C15H19FN2S/c1-10-5-6-13(12(16)7-10)17-8-11-9-19-14(18-11)15(2,3)4/h5-7,9,17H,8H2,1-4H3. The molecule has 2 nitrogen and oxygen atoms in total. The summed E-state index contributed by atoms with van der Waals surface area (Å²) >= 11 is 1.65. The van der Waals surface area contributed by atoms with Crippen molar-refractivity contribution in [2.75, 3.05) is 5.32 Å². The van der Waals surface area contributed by atoms with Gasteiger partial charge < -0.3 is 5.32 Å². The molecule has 1 aromatic carbocycles. The molecule has 1 heterocycles. The van der Waals surface area contributed by atoms with Gasteiger partial charge in [0.15, 0.2) is 0 Å². The Balaban J connectivity index is 2.04. The van der Waals surface area contributed by atoms with E-state index in [0.717, 1.165) is 16.3 Å². The zero-order valence-corrected chi connectivity index (χ0v) is 12.6. The number of thiazole rings is 1. The van der Waals surface area contributed by atoms with Crippen LogP contribution in [0.15, 0.2) is 23.6 Å². The number of benzene rings is 1. The first-order valence-corrected chi connectivity index (χ1v) is 7.19. The molecular formula is C15H19FN2S. The normalized spacial score (nSPS) is 11.6. The van der Waals surface area contributed by atoms with Crippen LogP contribution in [0.2, 0.25) is 0 Å². The lowest BCUT2D eigenvalue weighted by Crippen LogP contribution is -2.11. The van der Waals surface area contributed by atoms with Crippen molar-refractivity contribution in [1.82, 2.24) is 4.98 Å². The van der Waals surface area contributed by atoms with Gasteiger partial charge in [0.25, 0.3) is 0 Å². The molecule has 0 aliphatic rings. The highest BCUT2D eigenvalue weighted by Crippen LogP contribution is 2.26. The molecule has 0 atom stereocenters. The largest absolute Gasteiger partial charge is 0.377 e. The summed E-state index contributed by atoms with van der Waals surface area (Å²) in [6, 6.07) is 5.19. The summed E-state index contributed by atoms with van der Waals surface area (Å²) < 4.78 is 13.7. The summed E-state index contributed by atoms with van der Waals surface area (Å²) in [7, 11) is 0. The minimum absolute atomic E-state index is 0.0675. The van der Waals surface area contributed by atoms with Crippen molar-refractivity contribution in [1.29, 1.82) is 0 Å². The number of hydrogen-bond acceptors (Lipinski definition) is 3. The third-order valence-electron chi connectivity index (χ3n) is 2.78. The highest BCUT2D eigenvalue weighted by Gasteiger charge is 2.17. The van der Waals surface area contributed by atoms with E-state index >= 15 is 0 Å². The molecule has 1 N–H and O–H groups in total. The average molecular weight is 278 g/mol. The Morgan fingerprint density at radius 3 is 2.63 bits per heavy atom. The first-order valence-electron chi connectivity index (χ1n) is 6.31. The summed E-state index contributed by atoms with van der Waals surface area (Å²) in [6.45, 7) is 8.85. The van der Waals surface area contributed by atoms with E-state index in [1.54, 1.807) is 17.4 Å². The van der Waals surface area contributed by atoms with Gasteiger partial charge in [0.2, 0.25) is 0 Å². The second-order valence-electron chi connectivity index (χ2n) is 5.73. The molecular weight excluding hydrogens is 259 g/mol. The third-order valence-corrected chi connectivity index (χ3v) is 4.09. The summed E-state index contributed by atoms with van der Waals surface area (Å²) in [5.41, 5.74) is 2.47. The van der Waals surface area contributed by atoms with Crippen LogP contribution in [-0.4, -0.2) is 4.98 Å². The lowest BCUT2D eigenvalue weighted by Gasteiger charge is -2.13. The van der Waals surface area contributed by atoms with Gasteiger partial charge in [-0.1, -0.05) is 26.8 Å². The molecule has 0 aliphatic carbocycles. The van der Waals surface area contributed by atoms with Gasteiger partial charge in [0.05, 0.1) is 22.9 Å². The van der Waals surface area contributed by atoms with E-state index in [9.17, 15) is 4.39 Å². The Kier molecular flexibility index (Phi) is 3.90. The molecule has 0 bridgehead atoms. The zero-order valence-electron chi connectivity index (χ0n) is 11.7. The quantitative estimate of drug-likeness (QED) is 0.894. The topological polar surface area (TPSA) is 24.9 Å². The van der Waals surface area contributed by atoms with Gasteiger partial charge in [-0.2, -0.15) is 0 Å². The van der Waals surface area contributed by atoms with Gasteiger partial charge in [0.1, 0.15) is 5.82 Å². The maximum Gasteiger partial charge on any atom is 0.146 e. The molecule has 0 aliphatic heterocycles. The van der Waals surface area contributed by atoms with Gasteiger partial charge in [-0.3, -0.25) is 0 Å². The number of nitrogens with one attached hydrogen (secondary N) is 1. The Hall–Kier alpha value is -1.42. The maximum absolute atomic E-state index is 13.7. The van der Waals surface area contributed by atoms with Gasteiger partial charge in [-0.05, 0) is 24.6 Å². The van der Waals surface area contributed by atoms with E-state index in [1.165, 1.54) is 6.07 Å². The van der Waals surface area contributed by atoms with E-state index in [0.29, 0.717) is 12.2 Å². The minimum Gasteiger partial charge on any atom is -0.377 e. The number of aryl methyl sites for hydroxylation is 1. The van der Waals surface area contributed by atoms with Gasteiger partial charge >= 0.3 is 0 Å². The highest BCUT2D eigenvalue weighted by atomic mass is 32.1. The molecule has 0 fully saturated rings. The van der Waals surface area contributed by atoms with E-state index < -0.39 is 0 Å². The van der Waals surface area contributed by atoms with Crippen LogP contribution in [0.4, 0.5) is 10.1 Å². The van der Waals surface area contributed by atoms with Crippen molar-refractivity contribution in [3.05, 3.63) is 45.7 Å². The third kappa shape index (κ3) is 3.53. The fraction of sp³-hybridized carbons (Fsp3) is 0.400. The predicted molar refractivity (Wildman–Crippen MR) is 79.3 cm³/mol. The van der Waals surface area contributed by atoms with Crippen molar-refractivity contribution < 1.29 is 4.39 Å². The minimum atomic E-state index is -0.216. The molecule has 0 radical (unpaired) electrons. The first kappa shape index (κ1) is 14.0. The van der Waals surface area contributed by atoms with Gasteiger partial charge in [-0.15, -0.1) is 11.3 Å². The number of rotatable bonds is 3. The number of anilines is 1. The van der Waals surface area contributed by atoms with E-state index in [2.05, 4.69) is 31.1 Å². The summed E-state index contributed by atoms with van der Waals surface area (Å²) in [6.07, 6.45) is 0. The van der Waals surface area contributed by atoms with Crippen molar-refractivity contribution in [3.63, 3.8) is 0 Å². The van der Waals surface area contributed by atoms with Gasteiger partial charge in [-0.25, -0.2) is 9.37 Å².